The molecule has 0 aliphatic carbocycles. The zero-order valence-electron chi connectivity index (χ0n) is 14.8. The van der Waals surface area contributed by atoms with E-state index in [1.807, 2.05) is 0 Å². The molecule has 1 aromatic rings. The van der Waals surface area contributed by atoms with Gasteiger partial charge in [-0.3, -0.25) is 9.13 Å². The molecule has 0 fully saturated rings. The Kier molecular flexibility index (Phi) is 8.63. The predicted octanol–water partition coefficient (Wildman–Crippen LogP) is 3.65. The third-order valence-corrected chi connectivity index (χ3v) is 8.54. The van der Waals surface area contributed by atoms with Gasteiger partial charge in [-0.25, -0.2) is 4.98 Å². The fourth-order valence-electron chi connectivity index (χ4n) is 2.03. The summed E-state index contributed by atoms with van der Waals surface area (Å²) in [4.78, 5) is 4.11. The minimum atomic E-state index is -3.85. The van der Waals surface area contributed by atoms with Crippen molar-refractivity contribution < 1.29 is 27.2 Å². The lowest BCUT2D eigenvalue weighted by Crippen LogP contribution is -2.26. The fraction of sp³-hybridized carbons (Fsp3) is 0.769. The molecule has 0 spiro atoms. The molecule has 1 rings (SSSR count). The number of hydrogen-bond acceptors (Lipinski definition) is 8. The van der Waals surface area contributed by atoms with Crippen LogP contribution >= 0.6 is 15.2 Å². The van der Waals surface area contributed by atoms with Gasteiger partial charge >= 0.3 is 15.2 Å². The van der Waals surface area contributed by atoms with Crippen LogP contribution in [0.3, 0.4) is 0 Å². The predicted molar refractivity (Wildman–Crippen MR) is 92.3 cm³/mol. The topological polar surface area (TPSA) is 101 Å². The highest BCUT2D eigenvalue weighted by Crippen LogP contribution is 2.69. The molecular formula is C13H27N3O6P2. The van der Waals surface area contributed by atoms with E-state index in [0.29, 0.717) is 5.95 Å². The van der Waals surface area contributed by atoms with Gasteiger partial charge in [-0.1, -0.05) is 0 Å². The molecule has 0 bridgehead atoms. The molecule has 0 aliphatic rings. The van der Waals surface area contributed by atoms with Crippen molar-refractivity contribution >= 4 is 21.1 Å². The molecule has 0 saturated carbocycles. The van der Waals surface area contributed by atoms with Gasteiger partial charge in [0.15, 0.2) is 0 Å². The molecule has 1 heterocycles. The summed E-state index contributed by atoms with van der Waals surface area (Å²) in [6, 6.07) is 0. The third-order valence-electron chi connectivity index (χ3n) is 2.91. The second kappa shape index (κ2) is 9.70. The summed E-state index contributed by atoms with van der Waals surface area (Å²) < 4.78 is 49.6. The van der Waals surface area contributed by atoms with E-state index in [0.717, 1.165) is 0 Å². The third kappa shape index (κ3) is 5.15. The van der Waals surface area contributed by atoms with Crippen LogP contribution in [-0.2, 0) is 34.3 Å². The minimum absolute atomic E-state index is 0.119. The molecule has 1 N–H and O–H groups in total. The van der Waals surface area contributed by atoms with Crippen LogP contribution in [0.25, 0.3) is 0 Å². The Morgan fingerprint density at radius 1 is 1.00 bits per heavy atom. The molecular weight excluding hydrogens is 356 g/mol. The fourth-order valence-corrected chi connectivity index (χ4v) is 6.91. The largest absolute Gasteiger partial charge is 0.365 e. The first kappa shape index (κ1) is 21.4. The minimum Gasteiger partial charge on any atom is -0.332 e. The summed E-state index contributed by atoms with van der Waals surface area (Å²) in [6.07, 6.45) is 3.25. The van der Waals surface area contributed by atoms with Crippen molar-refractivity contribution in [3.63, 3.8) is 0 Å². The van der Waals surface area contributed by atoms with Crippen LogP contribution in [0.15, 0.2) is 12.4 Å². The average Bonchev–Trinajstić information content (AvgIpc) is 2.91. The molecule has 24 heavy (non-hydrogen) atoms. The lowest BCUT2D eigenvalue weighted by molar-refractivity contribution is 0.198. The molecule has 0 aliphatic heterocycles. The molecule has 0 aromatic carbocycles. The maximum absolute atomic E-state index is 13.3. The van der Waals surface area contributed by atoms with Crippen molar-refractivity contribution in [1.29, 1.82) is 0 Å². The lowest BCUT2D eigenvalue weighted by Gasteiger charge is -2.31. The number of nitrogens with one attached hydrogen (secondary N) is 1. The van der Waals surface area contributed by atoms with E-state index in [1.54, 1.807) is 51.7 Å². The van der Waals surface area contributed by atoms with Crippen molar-refractivity contribution in [1.82, 2.24) is 9.55 Å². The van der Waals surface area contributed by atoms with Crippen LogP contribution in [0.5, 0.6) is 0 Å². The molecule has 11 heteroatoms. The first-order chi connectivity index (χ1) is 11.4. The molecule has 0 radical (unpaired) electrons. The first-order valence-corrected chi connectivity index (χ1v) is 11.1. The quantitative estimate of drug-likeness (QED) is 0.546. The van der Waals surface area contributed by atoms with Crippen molar-refractivity contribution in [3.8, 4) is 0 Å². The molecule has 0 amide bonds. The van der Waals surface area contributed by atoms with Crippen LogP contribution in [0, 0.1) is 0 Å². The summed E-state index contributed by atoms with van der Waals surface area (Å²) in [6.45, 7) is 7.18. The van der Waals surface area contributed by atoms with E-state index < -0.39 is 20.7 Å². The van der Waals surface area contributed by atoms with Crippen molar-refractivity contribution in [2.45, 2.75) is 33.2 Å². The van der Waals surface area contributed by atoms with E-state index >= 15 is 0 Å². The van der Waals surface area contributed by atoms with Gasteiger partial charge in [0, 0.05) is 19.4 Å². The van der Waals surface area contributed by atoms with Crippen LogP contribution in [-0.4, -0.2) is 41.5 Å². The van der Waals surface area contributed by atoms with Gasteiger partial charge in [0.25, 0.3) is 0 Å². The first-order valence-electron chi connectivity index (χ1n) is 7.88. The van der Waals surface area contributed by atoms with Crippen LogP contribution in [0.2, 0.25) is 0 Å². The molecule has 140 valence electrons. The molecule has 1 aromatic heterocycles. The molecule has 0 saturated heterocycles. The Balaban J connectivity index is 3.34. The van der Waals surface area contributed by atoms with Crippen LogP contribution in [0.4, 0.5) is 5.95 Å². The van der Waals surface area contributed by atoms with Crippen molar-refractivity contribution in [3.05, 3.63) is 12.4 Å². The summed E-state index contributed by atoms with van der Waals surface area (Å²) in [5.41, 5.74) is -1.33. The number of hydrogen-bond donors (Lipinski definition) is 1. The highest BCUT2D eigenvalue weighted by atomic mass is 31.2. The van der Waals surface area contributed by atoms with E-state index in [9.17, 15) is 9.13 Å². The van der Waals surface area contributed by atoms with Crippen LogP contribution < -0.4 is 5.32 Å². The Hall–Kier alpha value is -0.690. The van der Waals surface area contributed by atoms with Gasteiger partial charge in [0.05, 0.1) is 26.4 Å². The zero-order chi connectivity index (χ0) is 18.2. The number of imidazole rings is 1. The Bertz CT molecular complexity index is 544. The number of nitrogens with zero attached hydrogens (tertiary/aromatic N) is 2. The van der Waals surface area contributed by atoms with Gasteiger partial charge in [-0.15, -0.1) is 0 Å². The smallest absolute Gasteiger partial charge is 0.332 e. The number of rotatable bonds is 12. The van der Waals surface area contributed by atoms with Crippen LogP contribution in [0.1, 0.15) is 27.7 Å². The summed E-state index contributed by atoms with van der Waals surface area (Å²) in [7, 11) is -5.96. The zero-order valence-corrected chi connectivity index (χ0v) is 16.6. The lowest BCUT2D eigenvalue weighted by atomic mass is 10.9. The van der Waals surface area contributed by atoms with Gasteiger partial charge < -0.3 is 28.0 Å². The highest BCUT2D eigenvalue weighted by Gasteiger charge is 2.51. The second-order valence-corrected chi connectivity index (χ2v) is 9.26. The standard InChI is InChI=1S/C13H27N3O6P2/c1-6-19-23(17,20-7-2)13(15-12-14-10-11-16(12)5)24(18,21-8-3)22-9-4/h10-11,13H,6-9H2,1-5H3,(H,14,15). The van der Waals surface area contributed by atoms with E-state index in [2.05, 4.69) is 10.3 Å². The Morgan fingerprint density at radius 3 is 1.71 bits per heavy atom. The molecule has 0 unspecified atom stereocenters. The maximum Gasteiger partial charge on any atom is 0.365 e. The van der Waals surface area contributed by atoms with Gasteiger partial charge in [0.2, 0.25) is 11.5 Å². The summed E-state index contributed by atoms with van der Waals surface area (Å²) in [5, 5.41) is 2.87. The van der Waals surface area contributed by atoms with E-state index in [1.165, 1.54) is 0 Å². The van der Waals surface area contributed by atoms with Gasteiger partial charge in [0.1, 0.15) is 0 Å². The van der Waals surface area contributed by atoms with Crippen molar-refractivity contribution in [2.24, 2.45) is 7.05 Å². The molecule has 0 atom stereocenters. The number of anilines is 1. The molecule has 9 nitrogen and oxygen atoms in total. The van der Waals surface area contributed by atoms with Crippen molar-refractivity contribution in [2.75, 3.05) is 31.7 Å². The second-order valence-electron chi connectivity index (χ2n) is 4.63. The average molecular weight is 383 g/mol. The van der Waals surface area contributed by atoms with Gasteiger partial charge in [-0.05, 0) is 27.7 Å². The summed E-state index contributed by atoms with van der Waals surface area (Å²) >= 11 is 0. The maximum atomic E-state index is 13.3. The Morgan fingerprint density at radius 2 is 1.42 bits per heavy atom. The highest BCUT2D eigenvalue weighted by molar-refractivity contribution is 7.72. The van der Waals surface area contributed by atoms with Gasteiger partial charge in [-0.2, -0.15) is 0 Å². The number of aromatic nitrogens is 2. The summed E-state index contributed by atoms with van der Waals surface area (Å²) in [5.74, 6) is 0.347. The van der Waals surface area contributed by atoms with E-state index in [-0.39, 0.29) is 26.4 Å². The number of aryl methyl sites for hydroxylation is 1. The normalized spacial score (nSPS) is 12.8. The monoisotopic (exact) mass is 383 g/mol. The Labute approximate surface area is 143 Å². The van der Waals surface area contributed by atoms with E-state index in [4.69, 9.17) is 18.1 Å². The SMILES string of the molecule is CCOP(=O)(OCC)C(Nc1nccn1C)P(=O)(OCC)OCC.